The molecule has 4 rings (SSSR count). The molecule has 1 aromatic carbocycles. The average Bonchev–Trinajstić information content (AvgIpc) is 3.63. The first-order chi connectivity index (χ1) is 21.6. The van der Waals surface area contributed by atoms with Crippen molar-refractivity contribution < 1.29 is 42.3 Å². The van der Waals surface area contributed by atoms with Gasteiger partial charge in [-0.2, -0.15) is 0 Å². The molecule has 0 unspecified atom stereocenters. The minimum atomic E-state index is -1.50. The van der Waals surface area contributed by atoms with Gasteiger partial charge in [-0.05, 0) is 70.1 Å². The molecular weight excluding hydrogens is 606 g/mol. The smallest absolute Gasteiger partial charge is 0.329 e. The van der Waals surface area contributed by atoms with E-state index in [0.29, 0.717) is 12.5 Å². The maximum Gasteiger partial charge on any atom is 0.329 e. The van der Waals surface area contributed by atoms with Crippen LogP contribution < -0.4 is 16.4 Å². The number of hydrogen-bond donors (Lipinski definition) is 3. The Labute approximate surface area is 266 Å². The Morgan fingerprint density at radius 3 is 2.30 bits per heavy atom. The van der Waals surface area contributed by atoms with Gasteiger partial charge in [-0.15, -0.1) is 0 Å². The maximum atomic E-state index is 14.1. The maximum absolute atomic E-state index is 14.1. The molecule has 3 aliphatic rings. The summed E-state index contributed by atoms with van der Waals surface area (Å²) in [6.07, 6.45) is -0.517. The number of carbonyl (C=O) groups excluding carboxylic acids is 6. The Bertz CT molecular complexity index is 1370. The number of benzene rings is 1. The van der Waals surface area contributed by atoms with E-state index in [1.807, 2.05) is 6.92 Å². The lowest BCUT2D eigenvalue weighted by molar-refractivity contribution is -0.162. The van der Waals surface area contributed by atoms with Crippen molar-refractivity contribution in [2.24, 2.45) is 11.7 Å². The number of fused-ring (bicyclic) bond motifs is 2. The predicted octanol–water partition coefficient (Wildman–Crippen LogP) is -0.156. The van der Waals surface area contributed by atoms with Crippen LogP contribution in [0.3, 0.4) is 0 Å². The fraction of sp³-hybridized carbons (Fsp3) is 0.613. The van der Waals surface area contributed by atoms with Gasteiger partial charge in [-0.25, -0.2) is 13.6 Å². The molecule has 46 heavy (non-hydrogen) atoms. The fourth-order valence-electron chi connectivity index (χ4n) is 6.27. The van der Waals surface area contributed by atoms with Gasteiger partial charge in [0.2, 0.25) is 29.5 Å². The Hall–Kier alpha value is -4.14. The number of cyclic esters (lactones) is 1. The van der Waals surface area contributed by atoms with Crippen LogP contribution >= 0.6 is 0 Å². The first-order valence-electron chi connectivity index (χ1n) is 15.5. The van der Waals surface area contributed by atoms with Crippen molar-refractivity contribution in [3.8, 4) is 0 Å². The highest BCUT2D eigenvalue weighted by molar-refractivity contribution is 5.97. The predicted molar refractivity (Wildman–Crippen MR) is 159 cm³/mol. The molecular formula is C31H42F2N6O7. The number of carbonyl (C=O) groups is 6. The van der Waals surface area contributed by atoms with Crippen molar-refractivity contribution in [3.63, 3.8) is 0 Å². The molecule has 4 N–H and O–H groups in total. The molecule has 0 bridgehead atoms. The number of likely N-dealkylation sites (N-methyl/N-ethyl adjacent to an activating group) is 1. The number of nitrogens with one attached hydrogen (secondary N) is 2. The van der Waals surface area contributed by atoms with Gasteiger partial charge in [0.25, 0.3) is 0 Å². The molecule has 0 aliphatic carbocycles. The first kappa shape index (κ1) is 34.7. The van der Waals surface area contributed by atoms with Crippen molar-refractivity contribution in [3.05, 3.63) is 35.4 Å². The van der Waals surface area contributed by atoms with E-state index < -0.39 is 89.5 Å². The third-order valence-electron chi connectivity index (χ3n) is 8.97. The van der Waals surface area contributed by atoms with E-state index >= 15 is 0 Å². The number of rotatable bonds is 4. The topological polar surface area (TPSA) is 171 Å². The zero-order valence-electron chi connectivity index (χ0n) is 26.6. The summed E-state index contributed by atoms with van der Waals surface area (Å²) in [7, 11) is 1.43. The summed E-state index contributed by atoms with van der Waals surface area (Å²) >= 11 is 0. The monoisotopic (exact) mass is 648 g/mol. The molecule has 3 aliphatic heterocycles. The minimum Gasteiger partial charge on any atom is -0.458 e. The van der Waals surface area contributed by atoms with Crippen molar-refractivity contribution in [1.29, 1.82) is 0 Å². The minimum absolute atomic E-state index is 0.0717. The van der Waals surface area contributed by atoms with Gasteiger partial charge in [0.1, 0.15) is 47.9 Å². The molecule has 0 aromatic heterocycles. The second-order valence-electron chi connectivity index (χ2n) is 12.6. The van der Waals surface area contributed by atoms with E-state index in [9.17, 15) is 37.5 Å². The van der Waals surface area contributed by atoms with Gasteiger partial charge in [-0.1, -0.05) is 6.92 Å². The molecule has 5 amide bonds. The lowest BCUT2D eigenvalue weighted by Crippen LogP contribution is -2.61. The van der Waals surface area contributed by atoms with Crippen LogP contribution in [-0.4, -0.2) is 113 Å². The van der Waals surface area contributed by atoms with Crippen LogP contribution in [0.5, 0.6) is 0 Å². The molecule has 8 atom stereocenters. The highest BCUT2D eigenvalue weighted by atomic mass is 19.1. The zero-order valence-corrected chi connectivity index (χ0v) is 26.6. The number of hydrogen-bond acceptors (Lipinski definition) is 8. The first-order valence-corrected chi connectivity index (χ1v) is 15.5. The summed E-state index contributed by atoms with van der Waals surface area (Å²) in [5.74, 6) is -5.76. The van der Waals surface area contributed by atoms with Crippen molar-refractivity contribution in [2.75, 3.05) is 20.1 Å². The fourth-order valence-corrected chi connectivity index (χ4v) is 6.27. The molecule has 0 spiro atoms. The summed E-state index contributed by atoms with van der Waals surface area (Å²) in [5.41, 5.74) is 6.20. The molecule has 3 fully saturated rings. The summed E-state index contributed by atoms with van der Waals surface area (Å²) in [4.78, 5) is 84.8. The second-order valence-corrected chi connectivity index (χ2v) is 12.6. The Kier molecular flexibility index (Phi) is 10.6. The third kappa shape index (κ3) is 7.45. The normalized spacial score (nSPS) is 30.5. The number of halogens is 2. The standard InChI is InChI=1S/C31H42F2N6O7/c1-15-9-24-31(45)46-18(4)25(36-27(41)22(34)12-19-10-20(32)13-21(33)11-19)30(44)38-8-6-7-23(38)29(43)37(5)17(3)26(40)35-16(2)28(42)39(24)14-15/h10-11,13,15-18,22-25H,6-9,12,14,34H2,1-5H3,(H,35,40)(H,36,41)/t15-,16-,17-,18-,22-,23-,24-,25-/m0/s1. The molecule has 13 nitrogen and oxygen atoms in total. The molecule has 3 saturated heterocycles. The van der Waals surface area contributed by atoms with Gasteiger partial charge in [0.15, 0.2) is 0 Å². The molecule has 0 radical (unpaired) electrons. The van der Waals surface area contributed by atoms with Crippen molar-refractivity contribution >= 4 is 35.5 Å². The Morgan fingerprint density at radius 2 is 1.65 bits per heavy atom. The van der Waals surface area contributed by atoms with Gasteiger partial charge >= 0.3 is 5.97 Å². The van der Waals surface area contributed by atoms with Crippen LogP contribution in [-0.2, 0) is 39.9 Å². The Morgan fingerprint density at radius 1 is 1.00 bits per heavy atom. The lowest BCUT2D eigenvalue weighted by atomic mass is 10.0. The Balaban J connectivity index is 1.67. The zero-order chi connectivity index (χ0) is 34.0. The number of nitrogens with zero attached hydrogens (tertiary/aromatic N) is 3. The SMILES string of the molecule is C[C@H]1C[C@H]2C(=O)O[C@@H](C)[C@H](NC(=O)[C@@H](N)Cc3cc(F)cc(F)c3)C(=O)N3CCC[C@H]3C(=O)N(C)[C@@H](C)C(=O)N[C@@H](C)C(=O)N2C1. The number of ether oxygens (including phenoxy) is 1. The number of esters is 1. The molecule has 3 heterocycles. The third-order valence-corrected chi connectivity index (χ3v) is 8.97. The van der Waals surface area contributed by atoms with Crippen LogP contribution in [0.1, 0.15) is 52.5 Å². The van der Waals surface area contributed by atoms with Crippen LogP contribution in [0.4, 0.5) is 8.78 Å². The van der Waals surface area contributed by atoms with Gasteiger partial charge < -0.3 is 35.8 Å². The van der Waals surface area contributed by atoms with Gasteiger partial charge in [-0.3, -0.25) is 24.0 Å². The van der Waals surface area contributed by atoms with E-state index in [4.69, 9.17) is 10.5 Å². The van der Waals surface area contributed by atoms with Gasteiger partial charge in [0.05, 0.1) is 6.04 Å². The average molecular weight is 649 g/mol. The van der Waals surface area contributed by atoms with Crippen molar-refractivity contribution in [2.45, 2.75) is 95.7 Å². The van der Waals surface area contributed by atoms with E-state index in [1.165, 1.54) is 42.5 Å². The largest absolute Gasteiger partial charge is 0.458 e. The summed E-state index contributed by atoms with van der Waals surface area (Å²) in [6, 6.07) is -4.07. The summed E-state index contributed by atoms with van der Waals surface area (Å²) < 4.78 is 33.2. The molecule has 15 heteroatoms. The number of amides is 5. The second kappa shape index (κ2) is 14.1. The van der Waals surface area contributed by atoms with Crippen molar-refractivity contribution in [1.82, 2.24) is 25.3 Å². The highest BCUT2D eigenvalue weighted by Crippen LogP contribution is 2.27. The van der Waals surface area contributed by atoms with E-state index in [-0.39, 0.29) is 43.8 Å². The molecule has 252 valence electrons. The van der Waals surface area contributed by atoms with Crippen LogP contribution in [0.25, 0.3) is 0 Å². The summed E-state index contributed by atoms with van der Waals surface area (Å²) in [6.45, 7) is 6.65. The molecule has 0 saturated carbocycles. The molecule has 1 aromatic rings. The quantitative estimate of drug-likeness (QED) is 0.378. The van der Waals surface area contributed by atoms with Crippen LogP contribution in [0.2, 0.25) is 0 Å². The van der Waals surface area contributed by atoms with E-state index in [1.54, 1.807) is 0 Å². The summed E-state index contributed by atoms with van der Waals surface area (Å²) in [5, 5.41) is 5.18. The van der Waals surface area contributed by atoms with Crippen LogP contribution in [0.15, 0.2) is 18.2 Å². The number of nitrogens with two attached hydrogens (primary N) is 1. The lowest BCUT2D eigenvalue weighted by Gasteiger charge is -2.35. The highest BCUT2D eigenvalue weighted by Gasteiger charge is 2.46. The van der Waals surface area contributed by atoms with E-state index in [2.05, 4.69) is 10.6 Å². The van der Waals surface area contributed by atoms with Crippen LogP contribution in [0, 0.1) is 17.6 Å². The van der Waals surface area contributed by atoms with E-state index in [0.717, 1.165) is 12.1 Å². The van der Waals surface area contributed by atoms with Gasteiger partial charge in [0, 0.05) is 26.2 Å².